The van der Waals surface area contributed by atoms with Crippen molar-refractivity contribution in [2.45, 2.75) is 45.0 Å². The molecule has 0 saturated carbocycles. The number of rotatable bonds is 1. The number of carbonyl (C=O) groups excluding carboxylic acids is 1. The van der Waals surface area contributed by atoms with Crippen molar-refractivity contribution in [3.8, 4) is 0 Å². The smallest absolute Gasteiger partial charge is 0.432 e. The monoisotopic (exact) mass is 353 g/mol. The first kappa shape index (κ1) is 17.3. The zero-order valence-electron chi connectivity index (χ0n) is 14.0. The third-order valence-electron chi connectivity index (χ3n) is 3.78. The minimum atomic E-state index is -4.52. The first-order valence-electron chi connectivity index (χ1n) is 7.78. The van der Waals surface area contributed by atoms with Gasteiger partial charge in [-0.3, -0.25) is 4.90 Å². The summed E-state index contributed by atoms with van der Waals surface area (Å²) in [4.78, 5) is 20.2. The molecule has 1 amide bonds. The fourth-order valence-corrected chi connectivity index (χ4v) is 2.79. The van der Waals surface area contributed by atoms with Gasteiger partial charge in [0.05, 0.1) is 11.9 Å². The zero-order valence-corrected chi connectivity index (χ0v) is 14.0. The maximum absolute atomic E-state index is 12.9. The molecule has 0 radical (unpaired) electrons. The van der Waals surface area contributed by atoms with Crippen molar-refractivity contribution < 1.29 is 22.7 Å². The third-order valence-corrected chi connectivity index (χ3v) is 3.78. The Kier molecular flexibility index (Phi) is 4.01. The SMILES string of the molecule is CC(C)(C)OC(=O)N1c2ccccc2CC1c1ncc(C(F)(F)F)[nH]1. The molecule has 2 heterocycles. The van der Waals surface area contributed by atoms with Gasteiger partial charge in [-0.15, -0.1) is 0 Å². The van der Waals surface area contributed by atoms with Crippen molar-refractivity contribution in [3.63, 3.8) is 0 Å². The second-order valence-electron chi connectivity index (χ2n) is 6.88. The molecule has 5 nitrogen and oxygen atoms in total. The number of alkyl halides is 3. The van der Waals surface area contributed by atoms with Gasteiger partial charge in [0.15, 0.2) is 0 Å². The van der Waals surface area contributed by atoms with Crippen LogP contribution in [0, 0.1) is 0 Å². The van der Waals surface area contributed by atoms with Crippen LogP contribution in [0.2, 0.25) is 0 Å². The van der Waals surface area contributed by atoms with E-state index in [1.165, 1.54) is 4.90 Å². The Morgan fingerprint density at radius 1 is 1.28 bits per heavy atom. The van der Waals surface area contributed by atoms with E-state index in [-0.39, 0.29) is 5.82 Å². The van der Waals surface area contributed by atoms with Crippen LogP contribution in [0.15, 0.2) is 30.5 Å². The number of imidazole rings is 1. The Labute approximate surface area is 142 Å². The number of aromatic nitrogens is 2. The molecule has 3 rings (SSSR count). The number of ether oxygens (including phenoxy) is 1. The second kappa shape index (κ2) is 5.79. The van der Waals surface area contributed by atoms with Crippen LogP contribution in [-0.4, -0.2) is 21.7 Å². The van der Waals surface area contributed by atoms with Crippen molar-refractivity contribution >= 4 is 11.8 Å². The van der Waals surface area contributed by atoms with Crippen LogP contribution in [0.4, 0.5) is 23.7 Å². The largest absolute Gasteiger partial charge is 0.443 e. The maximum atomic E-state index is 12.9. The zero-order chi connectivity index (χ0) is 18.4. The van der Waals surface area contributed by atoms with Crippen LogP contribution in [0.5, 0.6) is 0 Å². The number of amides is 1. The van der Waals surface area contributed by atoms with Crippen LogP contribution >= 0.6 is 0 Å². The molecule has 2 aromatic rings. The van der Waals surface area contributed by atoms with Gasteiger partial charge in [0, 0.05) is 6.42 Å². The lowest BCUT2D eigenvalue weighted by molar-refractivity contribution is -0.140. The average Bonchev–Trinajstić information content (AvgIpc) is 3.09. The molecule has 0 fully saturated rings. The summed E-state index contributed by atoms with van der Waals surface area (Å²) >= 11 is 0. The van der Waals surface area contributed by atoms with E-state index in [0.29, 0.717) is 12.1 Å². The number of para-hydroxylation sites is 1. The van der Waals surface area contributed by atoms with Crippen LogP contribution in [0.25, 0.3) is 0 Å². The normalized spacial score (nSPS) is 17.5. The number of carbonyl (C=O) groups is 1. The molecule has 1 aliphatic heterocycles. The fraction of sp³-hybridized carbons (Fsp3) is 0.412. The van der Waals surface area contributed by atoms with E-state index in [1.54, 1.807) is 32.9 Å². The lowest BCUT2D eigenvalue weighted by atomic mass is 10.1. The van der Waals surface area contributed by atoms with Gasteiger partial charge < -0.3 is 9.72 Å². The van der Waals surface area contributed by atoms with Gasteiger partial charge in [-0.2, -0.15) is 13.2 Å². The summed E-state index contributed by atoms with van der Waals surface area (Å²) in [6, 6.07) is 6.48. The number of halogens is 3. The fourth-order valence-electron chi connectivity index (χ4n) is 2.79. The Morgan fingerprint density at radius 2 is 1.96 bits per heavy atom. The van der Waals surface area contributed by atoms with E-state index in [2.05, 4.69) is 9.97 Å². The Morgan fingerprint density at radius 3 is 2.56 bits per heavy atom. The summed E-state index contributed by atoms with van der Waals surface area (Å²) in [7, 11) is 0. The lowest BCUT2D eigenvalue weighted by Gasteiger charge is -2.28. The topological polar surface area (TPSA) is 58.2 Å². The van der Waals surface area contributed by atoms with Crippen LogP contribution < -0.4 is 4.90 Å². The number of nitrogens with one attached hydrogen (secondary N) is 1. The minimum absolute atomic E-state index is 0.0781. The van der Waals surface area contributed by atoms with Crippen LogP contribution in [0.3, 0.4) is 0 Å². The van der Waals surface area contributed by atoms with E-state index < -0.39 is 29.6 Å². The van der Waals surface area contributed by atoms with Crippen molar-refractivity contribution in [1.29, 1.82) is 0 Å². The Bertz CT molecular complexity index is 793. The molecule has 134 valence electrons. The number of fused-ring (bicyclic) bond motifs is 1. The van der Waals surface area contributed by atoms with Crippen LogP contribution in [0.1, 0.15) is 43.9 Å². The number of H-pyrrole nitrogens is 1. The summed E-state index contributed by atoms with van der Waals surface area (Å²) in [5.74, 6) is 0.0781. The van der Waals surface area contributed by atoms with Gasteiger partial charge in [0.2, 0.25) is 0 Å². The summed E-state index contributed by atoms with van der Waals surface area (Å²) in [6.45, 7) is 5.20. The summed E-state index contributed by atoms with van der Waals surface area (Å²) < 4.78 is 44.0. The highest BCUT2D eigenvalue weighted by Crippen LogP contribution is 2.41. The number of hydrogen-bond donors (Lipinski definition) is 1. The van der Waals surface area contributed by atoms with Gasteiger partial charge in [-0.25, -0.2) is 9.78 Å². The number of hydrogen-bond acceptors (Lipinski definition) is 3. The molecule has 8 heteroatoms. The number of anilines is 1. The molecular formula is C17H18F3N3O2. The van der Waals surface area contributed by atoms with E-state index >= 15 is 0 Å². The second-order valence-corrected chi connectivity index (χ2v) is 6.88. The molecule has 0 aliphatic carbocycles. The molecule has 0 saturated heterocycles. The number of nitrogens with zero attached hydrogens (tertiary/aromatic N) is 2. The molecule has 0 spiro atoms. The van der Waals surface area contributed by atoms with Crippen LogP contribution in [-0.2, 0) is 17.3 Å². The van der Waals surface area contributed by atoms with E-state index in [0.717, 1.165) is 11.8 Å². The van der Waals surface area contributed by atoms with E-state index in [4.69, 9.17) is 4.74 Å². The van der Waals surface area contributed by atoms with Gasteiger partial charge in [-0.05, 0) is 32.4 Å². The standard InChI is InChI=1S/C17H18F3N3O2/c1-16(2,3)25-15(24)23-11-7-5-4-6-10(11)8-12(23)14-21-9-13(22-14)17(18,19)20/h4-7,9,12H,8H2,1-3H3,(H,21,22). The Hall–Kier alpha value is -2.51. The quantitative estimate of drug-likeness (QED) is 0.823. The highest BCUT2D eigenvalue weighted by atomic mass is 19.4. The molecule has 1 aliphatic rings. The highest BCUT2D eigenvalue weighted by molar-refractivity contribution is 5.91. The summed E-state index contributed by atoms with van der Waals surface area (Å²) in [5.41, 5.74) is -0.197. The average molecular weight is 353 g/mol. The molecular weight excluding hydrogens is 335 g/mol. The van der Waals surface area contributed by atoms with E-state index in [9.17, 15) is 18.0 Å². The predicted octanol–water partition coefficient (Wildman–Crippen LogP) is 4.47. The van der Waals surface area contributed by atoms with Gasteiger partial charge in [0.1, 0.15) is 23.2 Å². The highest BCUT2D eigenvalue weighted by Gasteiger charge is 2.40. The predicted molar refractivity (Wildman–Crippen MR) is 85.2 cm³/mol. The summed E-state index contributed by atoms with van der Waals surface area (Å²) in [5, 5.41) is 0. The molecule has 1 aromatic carbocycles. The number of aromatic amines is 1. The van der Waals surface area contributed by atoms with Gasteiger partial charge in [0.25, 0.3) is 0 Å². The summed E-state index contributed by atoms with van der Waals surface area (Å²) in [6.07, 6.45) is -4.04. The molecule has 25 heavy (non-hydrogen) atoms. The van der Waals surface area contributed by atoms with E-state index in [1.807, 2.05) is 12.1 Å². The van der Waals surface area contributed by atoms with Crippen molar-refractivity contribution in [3.05, 3.63) is 47.5 Å². The minimum Gasteiger partial charge on any atom is -0.443 e. The number of benzene rings is 1. The Balaban J connectivity index is 1.98. The molecule has 1 aromatic heterocycles. The molecule has 1 unspecified atom stereocenters. The molecule has 1 N–H and O–H groups in total. The van der Waals surface area contributed by atoms with Crippen molar-refractivity contribution in [1.82, 2.24) is 9.97 Å². The van der Waals surface area contributed by atoms with Crippen molar-refractivity contribution in [2.75, 3.05) is 4.90 Å². The lowest BCUT2D eigenvalue weighted by Crippen LogP contribution is -2.38. The van der Waals surface area contributed by atoms with Gasteiger partial charge in [-0.1, -0.05) is 18.2 Å². The first-order chi connectivity index (χ1) is 11.6. The molecule has 1 atom stereocenters. The van der Waals surface area contributed by atoms with Gasteiger partial charge >= 0.3 is 12.3 Å². The molecule has 0 bridgehead atoms. The first-order valence-corrected chi connectivity index (χ1v) is 7.78. The third kappa shape index (κ3) is 3.47. The maximum Gasteiger partial charge on any atom is 0.432 e. The van der Waals surface area contributed by atoms with Crippen molar-refractivity contribution in [2.24, 2.45) is 0 Å².